The van der Waals surface area contributed by atoms with Crippen LogP contribution in [0.3, 0.4) is 0 Å². The number of halogens is 3. The third kappa shape index (κ3) is 4.51. The number of nitrogens with one attached hydrogen (secondary N) is 2. The van der Waals surface area contributed by atoms with Gasteiger partial charge in [0.05, 0.1) is 4.90 Å². The Bertz CT molecular complexity index is 957. The van der Waals surface area contributed by atoms with Gasteiger partial charge in [0.25, 0.3) is 15.9 Å². The number of rotatable bonds is 5. The van der Waals surface area contributed by atoms with Gasteiger partial charge in [0.15, 0.2) is 6.61 Å². The molecule has 0 saturated carbocycles. The lowest BCUT2D eigenvalue weighted by molar-refractivity contribution is -0.153. The molecule has 1 heterocycles. The van der Waals surface area contributed by atoms with Crippen molar-refractivity contribution in [1.82, 2.24) is 4.72 Å². The molecule has 2 aromatic carbocycles. The summed E-state index contributed by atoms with van der Waals surface area (Å²) in [7, 11) is -4.18. The fourth-order valence-electron chi connectivity index (χ4n) is 2.67. The number of amides is 1. The Morgan fingerprint density at radius 2 is 1.85 bits per heavy atom. The Hall–Kier alpha value is -2.75. The number of ether oxygens (including phenoxy) is 1. The highest BCUT2D eigenvalue weighted by molar-refractivity contribution is 7.90. The van der Waals surface area contributed by atoms with Crippen LogP contribution in [0.25, 0.3) is 0 Å². The van der Waals surface area contributed by atoms with E-state index >= 15 is 0 Å². The molecule has 0 aliphatic carbocycles. The van der Waals surface area contributed by atoms with Crippen molar-refractivity contribution >= 4 is 21.6 Å². The summed E-state index contributed by atoms with van der Waals surface area (Å²) in [6.07, 6.45) is -3.90. The van der Waals surface area contributed by atoms with E-state index in [1.165, 1.54) is 6.07 Å². The zero-order valence-corrected chi connectivity index (χ0v) is 14.7. The normalized spacial score (nSPS) is 13.6. The van der Waals surface area contributed by atoms with E-state index < -0.39 is 28.7 Å². The highest BCUT2D eigenvalue weighted by atomic mass is 32.2. The zero-order chi connectivity index (χ0) is 19.7. The molecule has 1 aliphatic rings. The maximum absolute atomic E-state index is 12.4. The largest absolute Gasteiger partial charge is 0.484 e. The van der Waals surface area contributed by atoms with Gasteiger partial charge >= 0.3 is 6.18 Å². The summed E-state index contributed by atoms with van der Waals surface area (Å²) in [5, 5.41) is 3.10. The van der Waals surface area contributed by atoms with Crippen molar-refractivity contribution in [2.45, 2.75) is 17.5 Å². The summed E-state index contributed by atoms with van der Waals surface area (Å²) in [6, 6.07) is 9.30. The highest BCUT2D eigenvalue weighted by Gasteiger charge is 2.28. The van der Waals surface area contributed by atoms with Crippen LogP contribution < -0.4 is 14.8 Å². The number of hydrogen-bond donors (Lipinski definition) is 2. The molecule has 27 heavy (non-hydrogen) atoms. The molecule has 0 atom stereocenters. The molecule has 0 fully saturated rings. The minimum Gasteiger partial charge on any atom is -0.484 e. The summed E-state index contributed by atoms with van der Waals surface area (Å²) >= 11 is 0. The fourth-order valence-corrected chi connectivity index (χ4v) is 3.64. The summed E-state index contributed by atoms with van der Waals surface area (Å²) in [6.45, 7) is -0.825. The first kappa shape index (κ1) is 19.0. The van der Waals surface area contributed by atoms with Crippen LogP contribution in [-0.2, 0) is 16.4 Å². The van der Waals surface area contributed by atoms with Crippen molar-refractivity contribution in [3.8, 4) is 5.75 Å². The van der Waals surface area contributed by atoms with E-state index in [-0.39, 0.29) is 16.2 Å². The zero-order valence-electron chi connectivity index (χ0n) is 13.8. The Labute approximate surface area is 153 Å². The molecule has 10 heteroatoms. The van der Waals surface area contributed by atoms with E-state index in [1.807, 2.05) is 4.72 Å². The monoisotopic (exact) mass is 400 g/mol. The van der Waals surface area contributed by atoms with Crippen LogP contribution >= 0.6 is 0 Å². The minimum atomic E-state index is -4.50. The van der Waals surface area contributed by atoms with Crippen molar-refractivity contribution in [1.29, 1.82) is 0 Å². The molecular formula is C17H15F3N2O4S. The number of carbonyl (C=O) groups excluding carboxylic acids is 1. The average molecular weight is 400 g/mol. The standard InChI is InChI=1S/C17H15F3N2O4S/c18-17(19,20)10-26-11-4-6-12(7-5-11)27(24,25)22-16(23)14-2-1-3-15-13(14)8-9-21-15/h1-7,21H,8-10H2,(H,22,23). The summed E-state index contributed by atoms with van der Waals surface area (Å²) in [4.78, 5) is 12.1. The van der Waals surface area contributed by atoms with Gasteiger partial charge in [0, 0.05) is 17.8 Å². The van der Waals surface area contributed by atoms with Crippen LogP contribution in [0.5, 0.6) is 5.75 Å². The Morgan fingerprint density at radius 3 is 2.52 bits per heavy atom. The smallest absolute Gasteiger partial charge is 0.422 e. The summed E-state index contributed by atoms with van der Waals surface area (Å²) in [5.41, 5.74) is 1.78. The van der Waals surface area contributed by atoms with Gasteiger partial charge in [-0.1, -0.05) is 6.07 Å². The number of alkyl halides is 3. The van der Waals surface area contributed by atoms with Crippen molar-refractivity contribution in [2.75, 3.05) is 18.5 Å². The molecule has 1 aliphatic heterocycles. The lowest BCUT2D eigenvalue weighted by Gasteiger charge is -2.11. The van der Waals surface area contributed by atoms with E-state index in [0.29, 0.717) is 13.0 Å². The van der Waals surface area contributed by atoms with Crippen LogP contribution in [0.2, 0.25) is 0 Å². The van der Waals surface area contributed by atoms with Gasteiger partial charge in [-0.25, -0.2) is 13.1 Å². The minimum absolute atomic E-state index is 0.135. The van der Waals surface area contributed by atoms with E-state index in [0.717, 1.165) is 35.5 Å². The van der Waals surface area contributed by atoms with Gasteiger partial charge in [-0.05, 0) is 48.4 Å². The van der Waals surface area contributed by atoms with Crippen LogP contribution in [0.15, 0.2) is 47.4 Å². The first-order valence-electron chi connectivity index (χ1n) is 7.88. The number of anilines is 1. The van der Waals surface area contributed by atoms with Gasteiger partial charge in [-0.15, -0.1) is 0 Å². The Morgan fingerprint density at radius 1 is 1.15 bits per heavy atom. The summed E-state index contributed by atoms with van der Waals surface area (Å²) in [5.74, 6) is -0.905. The van der Waals surface area contributed by atoms with E-state index in [1.54, 1.807) is 12.1 Å². The number of carbonyl (C=O) groups is 1. The third-order valence-electron chi connectivity index (χ3n) is 3.87. The molecule has 0 radical (unpaired) electrons. The van der Waals surface area contributed by atoms with Crippen molar-refractivity contribution in [3.05, 3.63) is 53.6 Å². The van der Waals surface area contributed by atoms with Gasteiger partial charge in [-0.3, -0.25) is 4.79 Å². The molecule has 0 unspecified atom stereocenters. The van der Waals surface area contributed by atoms with E-state index in [2.05, 4.69) is 10.1 Å². The van der Waals surface area contributed by atoms with Gasteiger partial charge in [0.1, 0.15) is 5.75 Å². The number of benzene rings is 2. The van der Waals surface area contributed by atoms with Crippen molar-refractivity contribution in [3.63, 3.8) is 0 Å². The maximum Gasteiger partial charge on any atom is 0.422 e. The molecule has 3 rings (SSSR count). The van der Waals surface area contributed by atoms with Gasteiger partial charge in [-0.2, -0.15) is 13.2 Å². The fraction of sp³-hybridized carbons (Fsp3) is 0.235. The molecule has 0 saturated heterocycles. The quantitative estimate of drug-likeness (QED) is 0.806. The second-order valence-electron chi connectivity index (χ2n) is 5.82. The third-order valence-corrected chi connectivity index (χ3v) is 5.22. The van der Waals surface area contributed by atoms with Crippen molar-refractivity contribution in [2.24, 2.45) is 0 Å². The van der Waals surface area contributed by atoms with E-state index in [4.69, 9.17) is 0 Å². The number of hydrogen-bond acceptors (Lipinski definition) is 5. The molecule has 0 aromatic heterocycles. The van der Waals surface area contributed by atoms with E-state index in [9.17, 15) is 26.4 Å². The molecule has 144 valence electrons. The second kappa shape index (κ2) is 7.10. The lowest BCUT2D eigenvalue weighted by atomic mass is 10.0. The average Bonchev–Trinajstić information content (AvgIpc) is 3.08. The van der Waals surface area contributed by atoms with Crippen LogP contribution in [0, 0.1) is 0 Å². The SMILES string of the molecule is O=C(NS(=O)(=O)c1ccc(OCC(F)(F)F)cc1)c1cccc2c1CCN2. The molecule has 6 nitrogen and oxygen atoms in total. The Balaban J connectivity index is 1.73. The molecule has 2 aromatic rings. The topological polar surface area (TPSA) is 84.5 Å². The first-order valence-corrected chi connectivity index (χ1v) is 9.36. The van der Waals surface area contributed by atoms with Crippen LogP contribution in [-0.4, -0.2) is 33.7 Å². The van der Waals surface area contributed by atoms with Gasteiger partial charge < -0.3 is 10.1 Å². The Kier molecular flexibility index (Phi) is 5.01. The molecule has 0 bridgehead atoms. The maximum atomic E-state index is 12.4. The second-order valence-corrected chi connectivity index (χ2v) is 7.50. The summed E-state index contributed by atoms with van der Waals surface area (Å²) < 4.78 is 67.7. The molecule has 0 spiro atoms. The van der Waals surface area contributed by atoms with Crippen molar-refractivity contribution < 1.29 is 31.1 Å². The molecule has 1 amide bonds. The molecule has 2 N–H and O–H groups in total. The molecular weight excluding hydrogens is 385 g/mol. The van der Waals surface area contributed by atoms with Crippen LogP contribution in [0.4, 0.5) is 18.9 Å². The highest BCUT2D eigenvalue weighted by Crippen LogP contribution is 2.26. The van der Waals surface area contributed by atoms with Crippen LogP contribution in [0.1, 0.15) is 15.9 Å². The number of fused-ring (bicyclic) bond motifs is 1. The van der Waals surface area contributed by atoms with Gasteiger partial charge in [0.2, 0.25) is 0 Å². The first-order chi connectivity index (χ1) is 12.7. The number of sulfonamides is 1. The lowest BCUT2D eigenvalue weighted by Crippen LogP contribution is -2.31. The predicted molar refractivity (Wildman–Crippen MR) is 91.3 cm³/mol. The predicted octanol–water partition coefficient (Wildman–Crippen LogP) is 2.71.